The molecule has 0 unspecified atom stereocenters. The van der Waals surface area contributed by atoms with Gasteiger partial charge in [-0.2, -0.15) is 0 Å². The number of ether oxygens (including phenoxy) is 1. The maximum absolute atomic E-state index is 13.6. The fourth-order valence-electron chi connectivity index (χ4n) is 2.33. The summed E-state index contributed by atoms with van der Waals surface area (Å²) in [6, 6.07) is 8.25. The van der Waals surface area contributed by atoms with Gasteiger partial charge in [0.05, 0.1) is 17.9 Å². The van der Waals surface area contributed by atoms with Gasteiger partial charge in [0.15, 0.2) is 23.2 Å². The van der Waals surface area contributed by atoms with Crippen molar-refractivity contribution in [1.29, 1.82) is 0 Å². The first kappa shape index (κ1) is 15.9. The number of para-hydroxylation sites is 2. The van der Waals surface area contributed by atoms with Gasteiger partial charge in [-0.15, -0.1) is 0 Å². The van der Waals surface area contributed by atoms with Gasteiger partial charge < -0.3 is 15.0 Å². The SMILES string of the molecule is O=C(CN1CC(=O)Oc2ccccc21)Nc1ccc(F)c(F)c1F. The van der Waals surface area contributed by atoms with Crippen LogP contribution in [0.5, 0.6) is 5.75 Å². The molecule has 1 heterocycles. The molecule has 8 heteroatoms. The molecule has 1 N–H and O–H groups in total. The largest absolute Gasteiger partial charge is 0.423 e. The smallest absolute Gasteiger partial charge is 0.331 e. The molecule has 124 valence electrons. The number of carbonyl (C=O) groups excluding carboxylic acids is 2. The van der Waals surface area contributed by atoms with Crippen LogP contribution in [0.2, 0.25) is 0 Å². The minimum Gasteiger partial charge on any atom is -0.423 e. The zero-order chi connectivity index (χ0) is 17.3. The van der Waals surface area contributed by atoms with E-state index in [0.29, 0.717) is 17.5 Å². The molecule has 0 atom stereocenters. The Morgan fingerprint density at radius 1 is 1.12 bits per heavy atom. The van der Waals surface area contributed by atoms with Gasteiger partial charge in [0.25, 0.3) is 0 Å². The van der Waals surface area contributed by atoms with E-state index in [4.69, 9.17) is 4.74 Å². The van der Waals surface area contributed by atoms with Crippen LogP contribution in [0.4, 0.5) is 24.5 Å². The van der Waals surface area contributed by atoms with Crippen LogP contribution in [0, 0.1) is 17.5 Å². The standard InChI is InChI=1S/C16H11F3N2O3/c17-9-5-6-10(16(19)15(9)18)20-13(22)7-21-8-14(23)24-12-4-2-1-3-11(12)21/h1-6H,7-8H2,(H,20,22). The summed E-state index contributed by atoms with van der Waals surface area (Å²) in [4.78, 5) is 25.1. The summed E-state index contributed by atoms with van der Waals surface area (Å²) in [7, 11) is 0. The molecule has 1 aliphatic rings. The van der Waals surface area contributed by atoms with Crippen LogP contribution in [0.3, 0.4) is 0 Å². The summed E-state index contributed by atoms with van der Waals surface area (Å²) in [6.45, 7) is -0.449. The third-order valence-corrected chi connectivity index (χ3v) is 3.39. The van der Waals surface area contributed by atoms with Crippen molar-refractivity contribution in [3.63, 3.8) is 0 Å². The van der Waals surface area contributed by atoms with E-state index in [1.165, 1.54) is 4.90 Å². The Morgan fingerprint density at radius 2 is 1.88 bits per heavy atom. The van der Waals surface area contributed by atoms with Crippen LogP contribution in [0.1, 0.15) is 0 Å². The normalized spacial score (nSPS) is 13.3. The Hall–Kier alpha value is -3.03. The van der Waals surface area contributed by atoms with E-state index in [0.717, 1.165) is 6.07 Å². The molecule has 0 saturated carbocycles. The number of benzene rings is 2. The molecule has 0 aromatic heterocycles. The Balaban J connectivity index is 1.76. The zero-order valence-corrected chi connectivity index (χ0v) is 12.2. The highest BCUT2D eigenvalue weighted by Crippen LogP contribution is 2.31. The Bertz CT molecular complexity index is 826. The molecule has 0 fully saturated rings. The van der Waals surface area contributed by atoms with Crippen molar-refractivity contribution >= 4 is 23.3 Å². The highest BCUT2D eigenvalue weighted by Gasteiger charge is 2.25. The first-order valence-electron chi connectivity index (χ1n) is 6.93. The van der Waals surface area contributed by atoms with Crippen LogP contribution in [0.15, 0.2) is 36.4 Å². The van der Waals surface area contributed by atoms with Crippen LogP contribution < -0.4 is 15.0 Å². The van der Waals surface area contributed by atoms with Crippen molar-refractivity contribution in [3.8, 4) is 5.75 Å². The molecule has 0 bridgehead atoms. The van der Waals surface area contributed by atoms with Crippen LogP contribution in [-0.2, 0) is 9.59 Å². The summed E-state index contributed by atoms with van der Waals surface area (Å²) in [6.07, 6.45) is 0. The number of fused-ring (bicyclic) bond motifs is 1. The van der Waals surface area contributed by atoms with E-state index in [9.17, 15) is 22.8 Å². The molecule has 1 amide bonds. The maximum Gasteiger partial charge on any atom is 0.331 e. The number of nitrogens with one attached hydrogen (secondary N) is 1. The predicted molar refractivity (Wildman–Crippen MR) is 79.2 cm³/mol. The molecule has 0 radical (unpaired) electrons. The zero-order valence-electron chi connectivity index (χ0n) is 12.2. The van der Waals surface area contributed by atoms with Gasteiger partial charge in [0.1, 0.15) is 6.54 Å². The summed E-state index contributed by atoms with van der Waals surface area (Å²) in [5, 5.41) is 2.16. The number of halogens is 3. The molecule has 0 spiro atoms. The van der Waals surface area contributed by atoms with Gasteiger partial charge in [-0.3, -0.25) is 4.79 Å². The minimum atomic E-state index is -1.67. The number of hydrogen-bond acceptors (Lipinski definition) is 4. The molecule has 5 nitrogen and oxygen atoms in total. The second-order valence-corrected chi connectivity index (χ2v) is 5.07. The molecule has 1 aliphatic heterocycles. The fraction of sp³-hybridized carbons (Fsp3) is 0.125. The summed E-state index contributed by atoms with van der Waals surface area (Å²) < 4.78 is 44.7. The number of rotatable bonds is 3. The van der Waals surface area contributed by atoms with E-state index in [1.807, 2.05) is 0 Å². The summed E-state index contributed by atoms with van der Waals surface area (Å²) >= 11 is 0. The van der Waals surface area contributed by atoms with Gasteiger partial charge in [-0.05, 0) is 24.3 Å². The summed E-state index contributed by atoms with van der Waals surface area (Å²) in [5.74, 6) is -5.43. The molecule has 0 aliphatic carbocycles. The fourth-order valence-corrected chi connectivity index (χ4v) is 2.33. The van der Waals surface area contributed by atoms with Crippen molar-refractivity contribution in [2.75, 3.05) is 23.3 Å². The van der Waals surface area contributed by atoms with Crippen molar-refractivity contribution < 1.29 is 27.5 Å². The average Bonchev–Trinajstić information content (AvgIpc) is 2.55. The van der Waals surface area contributed by atoms with E-state index in [2.05, 4.69) is 5.32 Å². The Morgan fingerprint density at radius 3 is 2.67 bits per heavy atom. The van der Waals surface area contributed by atoms with Crippen molar-refractivity contribution in [2.45, 2.75) is 0 Å². The van der Waals surface area contributed by atoms with Crippen molar-refractivity contribution in [1.82, 2.24) is 0 Å². The van der Waals surface area contributed by atoms with Crippen molar-refractivity contribution in [2.24, 2.45) is 0 Å². The number of anilines is 2. The lowest BCUT2D eigenvalue weighted by atomic mass is 10.2. The second-order valence-electron chi connectivity index (χ2n) is 5.07. The Kier molecular flexibility index (Phi) is 4.11. The monoisotopic (exact) mass is 336 g/mol. The number of esters is 1. The summed E-state index contributed by atoms with van der Waals surface area (Å²) in [5.41, 5.74) is 0.0461. The molecule has 2 aromatic carbocycles. The van der Waals surface area contributed by atoms with E-state index in [1.54, 1.807) is 24.3 Å². The van der Waals surface area contributed by atoms with E-state index >= 15 is 0 Å². The van der Waals surface area contributed by atoms with Crippen molar-refractivity contribution in [3.05, 3.63) is 53.8 Å². The third-order valence-electron chi connectivity index (χ3n) is 3.39. The van der Waals surface area contributed by atoms with Gasteiger partial charge in [-0.25, -0.2) is 18.0 Å². The predicted octanol–water partition coefficient (Wildman–Crippen LogP) is 2.47. The lowest BCUT2D eigenvalue weighted by Gasteiger charge is -2.29. The van der Waals surface area contributed by atoms with Gasteiger partial charge >= 0.3 is 5.97 Å². The Labute approximate surface area is 134 Å². The highest BCUT2D eigenvalue weighted by molar-refractivity contribution is 5.96. The van der Waals surface area contributed by atoms with Crippen LogP contribution >= 0.6 is 0 Å². The molecule has 0 saturated heterocycles. The first-order valence-corrected chi connectivity index (χ1v) is 6.93. The number of hydrogen-bond donors (Lipinski definition) is 1. The quantitative estimate of drug-likeness (QED) is 0.531. The third kappa shape index (κ3) is 3.03. The van der Waals surface area contributed by atoms with Gasteiger partial charge in [0, 0.05) is 0 Å². The second kappa shape index (κ2) is 6.23. The minimum absolute atomic E-state index is 0.162. The number of amides is 1. The molecule has 3 rings (SSSR count). The molecular formula is C16H11F3N2O3. The average molecular weight is 336 g/mol. The molecule has 24 heavy (non-hydrogen) atoms. The van der Waals surface area contributed by atoms with Crippen LogP contribution in [-0.4, -0.2) is 25.0 Å². The first-order chi connectivity index (χ1) is 11.5. The lowest BCUT2D eigenvalue weighted by molar-refractivity contribution is -0.133. The lowest BCUT2D eigenvalue weighted by Crippen LogP contribution is -2.41. The highest BCUT2D eigenvalue weighted by atomic mass is 19.2. The van der Waals surface area contributed by atoms with E-state index in [-0.39, 0.29) is 13.1 Å². The number of carbonyl (C=O) groups is 2. The topological polar surface area (TPSA) is 58.6 Å². The number of nitrogens with zero attached hydrogens (tertiary/aromatic N) is 1. The van der Waals surface area contributed by atoms with Gasteiger partial charge in [0.2, 0.25) is 5.91 Å². The van der Waals surface area contributed by atoms with Gasteiger partial charge in [-0.1, -0.05) is 12.1 Å². The molecular weight excluding hydrogens is 325 g/mol. The maximum atomic E-state index is 13.6. The van der Waals surface area contributed by atoms with Crippen LogP contribution in [0.25, 0.3) is 0 Å². The van der Waals surface area contributed by atoms with E-state index < -0.39 is 35.0 Å². The molecule has 2 aromatic rings.